The highest BCUT2D eigenvalue weighted by Crippen LogP contribution is 2.11. The Morgan fingerprint density at radius 3 is 3.10 bits per heavy atom. The molecule has 1 amide bonds. The predicted octanol–water partition coefficient (Wildman–Crippen LogP) is 1.66. The summed E-state index contributed by atoms with van der Waals surface area (Å²) in [4.78, 5) is 21.3. The summed E-state index contributed by atoms with van der Waals surface area (Å²) in [5.41, 5.74) is 1.70. The third-order valence-corrected chi connectivity index (χ3v) is 3.75. The molecule has 3 rings (SSSR count). The number of ether oxygens (including phenoxy) is 1. The predicted molar refractivity (Wildman–Crippen MR) is 79.4 cm³/mol. The number of imidazole rings is 1. The molecule has 108 valence electrons. The fraction of sp³-hybridized carbons (Fsp3) is 0.214. The maximum Gasteiger partial charge on any atom is 0.226 e. The molecular weight excluding hydrogens is 288 g/mol. The number of methoxy groups -OCH3 is 1. The van der Waals surface area contributed by atoms with Gasteiger partial charge in [0.05, 0.1) is 19.2 Å². The minimum atomic E-state index is -0.0587. The molecule has 21 heavy (non-hydrogen) atoms. The second-order valence-electron chi connectivity index (χ2n) is 4.49. The fourth-order valence-electron chi connectivity index (χ4n) is 1.93. The SMILES string of the molecule is COc1ccc(CNC(=O)Cc2cn3ccsc3n2)cn1. The van der Waals surface area contributed by atoms with Gasteiger partial charge in [0, 0.05) is 36.6 Å². The number of carbonyl (C=O) groups excluding carboxylic acids is 1. The number of hydrogen-bond acceptors (Lipinski definition) is 5. The van der Waals surface area contributed by atoms with Crippen molar-refractivity contribution in [1.82, 2.24) is 19.7 Å². The van der Waals surface area contributed by atoms with E-state index in [0.29, 0.717) is 12.4 Å². The molecule has 0 bridgehead atoms. The number of carbonyl (C=O) groups is 1. The fourth-order valence-corrected chi connectivity index (χ4v) is 2.64. The number of nitrogens with zero attached hydrogens (tertiary/aromatic N) is 3. The minimum absolute atomic E-state index is 0.0587. The van der Waals surface area contributed by atoms with Crippen LogP contribution in [0.1, 0.15) is 11.3 Å². The van der Waals surface area contributed by atoms with Crippen molar-refractivity contribution in [3.63, 3.8) is 0 Å². The van der Waals surface area contributed by atoms with Crippen molar-refractivity contribution in [3.8, 4) is 5.88 Å². The smallest absolute Gasteiger partial charge is 0.226 e. The van der Waals surface area contributed by atoms with E-state index in [1.165, 1.54) is 0 Å². The molecule has 3 aromatic heterocycles. The highest BCUT2D eigenvalue weighted by molar-refractivity contribution is 7.15. The highest BCUT2D eigenvalue weighted by Gasteiger charge is 2.08. The topological polar surface area (TPSA) is 68.5 Å². The molecule has 0 spiro atoms. The van der Waals surface area contributed by atoms with Crippen LogP contribution in [0.2, 0.25) is 0 Å². The number of hydrogen-bond donors (Lipinski definition) is 1. The Labute approximate surface area is 125 Å². The molecule has 1 N–H and O–H groups in total. The van der Waals surface area contributed by atoms with Crippen LogP contribution in [-0.4, -0.2) is 27.4 Å². The second kappa shape index (κ2) is 5.92. The van der Waals surface area contributed by atoms with E-state index >= 15 is 0 Å². The van der Waals surface area contributed by atoms with Crippen LogP contribution in [0.3, 0.4) is 0 Å². The maximum absolute atomic E-state index is 11.9. The Balaban J connectivity index is 1.54. The van der Waals surface area contributed by atoms with Crippen LogP contribution in [0.4, 0.5) is 0 Å². The zero-order valence-electron chi connectivity index (χ0n) is 11.4. The van der Waals surface area contributed by atoms with Gasteiger partial charge in [0.2, 0.25) is 11.8 Å². The lowest BCUT2D eigenvalue weighted by atomic mass is 10.2. The molecule has 0 unspecified atom stereocenters. The molecule has 0 aliphatic carbocycles. The summed E-state index contributed by atoms with van der Waals surface area (Å²) >= 11 is 1.55. The molecule has 7 heteroatoms. The van der Waals surface area contributed by atoms with E-state index in [-0.39, 0.29) is 12.3 Å². The number of nitrogens with one attached hydrogen (secondary N) is 1. The number of rotatable bonds is 5. The number of thiazole rings is 1. The molecule has 0 saturated carbocycles. The van der Waals surface area contributed by atoms with E-state index in [9.17, 15) is 4.79 Å². The van der Waals surface area contributed by atoms with Crippen LogP contribution in [-0.2, 0) is 17.8 Å². The van der Waals surface area contributed by atoms with Gasteiger partial charge in [-0.3, -0.25) is 9.20 Å². The zero-order chi connectivity index (χ0) is 14.7. The summed E-state index contributed by atoms with van der Waals surface area (Å²) in [7, 11) is 1.57. The van der Waals surface area contributed by atoms with E-state index in [2.05, 4.69) is 15.3 Å². The molecule has 0 atom stereocenters. The quantitative estimate of drug-likeness (QED) is 0.778. The summed E-state index contributed by atoms with van der Waals surface area (Å²) in [6, 6.07) is 3.64. The Bertz CT molecular complexity index is 719. The normalized spacial score (nSPS) is 10.7. The van der Waals surface area contributed by atoms with Crippen molar-refractivity contribution < 1.29 is 9.53 Å². The lowest BCUT2D eigenvalue weighted by molar-refractivity contribution is -0.120. The van der Waals surface area contributed by atoms with Gasteiger partial charge in [-0.15, -0.1) is 11.3 Å². The van der Waals surface area contributed by atoms with E-state index in [0.717, 1.165) is 16.2 Å². The van der Waals surface area contributed by atoms with E-state index in [1.807, 2.05) is 28.2 Å². The summed E-state index contributed by atoms with van der Waals surface area (Å²) in [5.74, 6) is 0.500. The number of pyridine rings is 1. The first-order valence-corrected chi connectivity index (χ1v) is 7.29. The Morgan fingerprint density at radius 2 is 2.38 bits per heavy atom. The highest BCUT2D eigenvalue weighted by atomic mass is 32.1. The molecule has 3 heterocycles. The van der Waals surface area contributed by atoms with Crippen molar-refractivity contribution in [2.24, 2.45) is 0 Å². The van der Waals surface area contributed by atoms with Crippen molar-refractivity contribution in [2.45, 2.75) is 13.0 Å². The molecule has 3 aromatic rings. The van der Waals surface area contributed by atoms with Gasteiger partial charge in [0.25, 0.3) is 0 Å². The Hall–Kier alpha value is -2.41. The van der Waals surface area contributed by atoms with Gasteiger partial charge in [0.15, 0.2) is 4.96 Å². The van der Waals surface area contributed by atoms with Gasteiger partial charge >= 0.3 is 0 Å². The van der Waals surface area contributed by atoms with Crippen LogP contribution < -0.4 is 10.1 Å². The first-order chi connectivity index (χ1) is 10.2. The Kier molecular flexibility index (Phi) is 3.83. The van der Waals surface area contributed by atoms with Gasteiger partial charge in [-0.25, -0.2) is 9.97 Å². The summed E-state index contributed by atoms with van der Waals surface area (Å²) in [6.07, 6.45) is 5.77. The maximum atomic E-state index is 11.9. The van der Waals surface area contributed by atoms with E-state index in [4.69, 9.17) is 4.74 Å². The standard InChI is InChI=1S/C14H14N4O2S/c1-20-13-3-2-10(8-16-13)7-15-12(19)6-11-9-18-4-5-21-14(18)17-11/h2-5,8-9H,6-7H2,1H3,(H,15,19). The minimum Gasteiger partial charge on any atom is -0.481 e. The molecule has 6 nitrogen and oxygen atoms in total. The van der Waals surface area contributed by atoms with Gasteiger partial charge < -0.3 is 10.1 Å². The molecule has 0 aliphatic heterocycles. The molecule has 0 aromatic carbocycles. The van der Waals surface area contributed by atoms with Crippen LogP contribution in [0.5, 0.6) is 5.88 Å². The second-order valence-corrected chi connectivity index (χ2v) is 5.36. The lowest BCUT2D eigenvalue weighted by Crippen LogP contribution is -2.24. The molecule has 0 fully saturated rings. The molecule has 0 aliphatic rings. The van der Waals surface area contributed by atoms with Gasteiger partial charge in [0.1, 0.15) is 0 Å². The summed E-state index contributed by atoms with van der Waals surface area (Å²) < 4.78 is 6.90. The van der Waals surface area contributed by atoms with Crippen molar-refractivity contribution in [1.29, 1.82) is 0 Å². The van der Waals surface area contributed by atoms with Crippen LogP contribution in [0.25, 0.3) is 4.96 Å². The van der Waals surface area contributed by atoms with Crippen molar-refractivity contribution in [2.75, 3.05) is 7.11 Å². The van der Waals surface area contributed by atoms with E-state index < -0.39 is 0 Å². The van der Waals surface area contributed by atoms with Crippen molar-refractivity contribution in [3.05, 3.63) is 47.4 Å². The van der Waals surface area contributed by atoms with Crippen molar-refractivity contribution >= 4 is 22.2 Å². The summed E-state index contributed by atoms with van der Waals surface area (Å²) in [5, 5.41) is 4.82. The van der Waals surface area contributed by atoms with Gasteiger partial charge in [-0.2, -0.15) is 0 Å². The Morgan fingerprint density at radius 1 is 1.48 bits per heavy atom. The number of fused-ring (bicyclic) bond motifs is 1. The monoisotopic (exact) mass is 302 g/mol. The molecule has 0 saturated heterocycles. The van der Waals surface area contributed by atoms with Gasteiger partial charge in [-0.05, 0) is 5.56 Å². The van der Waals surface area contributed by atoms with Crippen LogP contribution in [0.15, 0.2) is 36.1 Å². The largest absolute Gasteiger partial charge is 0.481 e. The first-order valence-electron chi connectivity index (χ1n) is 6.41. The summed E-state index contributed by atoms with van der Waals surface area (Å²) in [6.45, 7) is 0.443. The molecular formula is C14H14N4O2S. The van der Waals surface area contributed by atoms with Crippen LogP contribution >= 0.6 is 11.3 Å². The first kappa shape index (κ1) is 13.6. The third kappa shape index (κ3) is 3.19. The zero-order valence-corrected chi connectivity index (χ0v) is 12.3. The average Bonchev–Trinajstić information content (AvgIpc) is 3.07. The van der Waals surface area contributed by atoms with Gasteiger partial charge in [-0.1, -0.05) is 6.07 Å². The molecule has 0 radical (unpaired) electrons. The number of amides is 1. The third-order valence-electron chi connectivity index (χ3n) is 2.98. The van der Waals surface area contributed by atoms with E-state index in [1.54, 1.807) is 30.7 Å². The van der Waals surface area contributed by atoms with Crippen LogP contribution in [0, 0.1) is 0 Å². The number of aromatic nitrogens is 3. The average molecular weight is 302 g/mol. The lowest BCUT2D eigenvalue weighted by Gasteiger charge is -2.04.